The molecule has 13 heavy (non-hydrogen) atoms. The zero-order valence-corrected chi connectivity index (χ0v) is 8.46. The van der Waals surface area contributed by atoms with Gasteiger partial charge in [-0.05, 0) is 18.3 Å². The van der Waals surface area contributed by atoms with Crippen molar-refractivity contribution in [3.8, 4) is 0 Å². The van der Waals surface area contributed by atoms with Crippen molar-refractivity contribution in [1.29, 1.82) is 0 Å². The highest BCUT2D eigenvalue weighted by Crippen LogP contribution is 2.44. The number of aliphatic carboxylic acids is 1. The minimum atomic E-state index is -0.624. The van der Waals surface area contributed by atoms with Crippen LogP contribution >= 0.6 is 0 Å². The van der Waals surface area contributed by atoms with E-state index in [0.29, 0.717) is 12.3 Å². The molecule has 0 unspecified atom stereocenters. The average Bonchev–Trinajstić information content (AvgIpc) is 2.76. The van der Waals surface area contributed by atoms with Crippen LogP contribution < -0.4 is 0 Å². The van der Waals surface area contributed by atoms with Gasteiger partial charge >= 0.3 is 5.97 Å². The van der Waals surface area contributed by atoms with Crippen LogP contribution in [0.1, 0.15) is 51.9 Å². The molecule has 0 heterocycles. The fourth-order valence-corrected chi connectivity index (χ4v) is 1.97. The number of unbranched alkanes of at least 4 members (excludes halogenated alkanes) is 3. The van der Waals surface area contributed by atoms with E-state index in [1.807, 2.05) is 0 Å². The maximum absolute atomic E-state index is 10.4. The lowest BCUT2D eigenvalue weighted by Crippen LogP contribution is -1.96. The Bertz CT molecular complexity index is 165. The van der Waals surface area contributed by atoms with Crippen LogP contribution in [0, 0.1) is 11.8 Å². The molecular weight excluding hydrogens is 164 g/mol. The third kappa shape index (κ3) is 4.30. The molecule has 1 N–H and O–H groups in total. The van der Waals surface area contributed by atoms with Gasteiger partial charge in [0.2, 0.25) is 0 Å². The summed E-state index contributed by atoms with van der Waals surface area (Å²) in [5.74, 6) is 0.633. The molecule has 2 heteroatoms. The van der Waals surface area contributed by atoms with Gasteiger partial charge < -0.3 is 5.11 Å². The van der Waals surface area contributed by atoms with Crippen molar-refractivity contribution in [3.63, 3.8) is 0 Å². The Hall–Kier alpha value is -0.530. The minimum absolute atomic E-state index is 0.401. The van der Waals surface area contributed by atoms with Crippen LogP contribution in [0.25, 0.3) is 0 Å². The topological polar surface area (TPSA) is 37.3 Å². The van der Waals surface area contributed by atoms with Crippen LogP contribution in [0.4, 0.5) is 0 Å². The SMILES string of the molecule is CCCCCC[C@H]1C[C@H]1CC(=O)O. The van der Waals surface area contributed by atoms with E-state index >= 15 is 0 Å². The molecule has 0 aromatic heterocycles. The zero-order chi connectivity index (χ0) is 9.68. The molecule has 0 aliphatic heterocycles. The fraction of sp³-hybridized carbons (Fsp3) is 0.909. The number of carbonyl (C=O) groups is 1. The van der Waals surface area contributed by atoms with Gasteiger partial charge in [-0.1, -0.05) is 39.0 Å². The van der Waals surface area contributed by atoms with E-state index in [9.17, 15) is 4.79 Å². The maximum atomic E-state index is 10.4. The second-order valence-electron chi connectivity index (χ2n) is 4.20. The second-order valence-corrected chi connectivity index (χ2v) is 4.20. The molecule has 1 aliphatic carbocycles. The predicted octanol–water partition coefficient (Wildman–Crippen LogP) is 3.07. The number of carboxylic acid groups (broad SMARTS) is 1. The van der Waals surface area contributed by atoms with Gasteiger partial charge in [0.25, 0.3) is 0 Å². The molecule has 76 valence electrons. The summed E-state index contributed by atoms with van der Waals surface area (Å²) in [4.78, 5) is 10.4. The van der Waals surface area contributed by atoms with Crippen LogP contribution in [-0.4, -0.2) is 11.1 Å². The summed E-state index contributed by atoms with van der Waals surface area (Å²) in [5, 5.41) is 8.55. The molecule has 0 amide bonds. The number of hydrogen-bond donors (Lipinski definition) is 1. The summed E-state index contributed by atoms with van der Waals surface area (Å²) >= 11 is 0. The Morgan fingerprint density at radius 2 is 2.08 bits per heavy atom. The monoisotopic (exact) mass is 184 g/mol. The Balaban J connectivity index is 1.92. The van der Waals surface area contributed by atoms with E-state index in [-0.39, 0.29) is 0 Å². The first-order chi connectivity index (χ1) is 6.24. The van der Waals surface area contributed by atoms with Crippen LogP contribution in [0.15, 0.2) is 0 Å². The largest absolute Gasteiger partial charge is 0.481 e. The summed E-state index contributed by atoms with van der Waals surface area (Å²) in [7, 11) is 0. The first kappa shape index (κ1) is 10.6. The van der Waals surface area contributed by atoms with Crippen LogP contribution in [-0.2, 0) is 4.79 Å². The highest BCUT2D eigenvalue weighted by atomic mass is 16.4. The van der Waals surface area contributed by atoms with Gasteiger partial charge in [0.15, 0.2) is 0 Å². The summed E-state index contributed by atoms with van der Waals surface area (Å²) < 4.78 is 0. The lowest BCUT2D eigenvalue weighted by atomic mass is 10.1. The maximum Gasteiger partial charge on any atom is 0.303 e. The van der Waals surface area contributed by atoms with Crippen molar-refractivity contribution in [2.45, 2.75) is 51.9 Å². The average molecular weight is 184 g/mol. The highest BCUT2D eigenvalue weighted by Gasteiger charge is 2.37. The first-order valence-electron chi connectivity index (χ1n) is 5.45. The third-order valence-corrected chi connectivity index (χ3v) is 2.93. The van der Waals surface area contributed by atoms with Crippen molar-refractivity contribution in [3.05, 3.63) is 0 Å². The van der Waals surface area contributed by atoms with E-state index < -0.39 is 5.97 Å². The van der Waals surface area contributed by atoms with Crippen molar-refractivity contribution in [2.75, 3.05) is 0 Å². The van der Waals surface area contributed by atoms with Gasteiger partial charge in [-0.25, -0.2) is 0 Å². The van der Waals surface area contributed by atoms with Crippen LogP contribution in [0.3, 0.4) is 0 Å². The van der Waals surface area contributed by atoms with Gasteiger partial charge in [0.05, 0.1) is 0 Å². The van der Waals surface area contributed by atoms with Crippen molar-refractivity contribution in [1.82, 2.24) is 0 Å². The molecule has 2 nitrogen and oxygen atoms in total. The van der Waals surface area contributed by atoms with E-state index in [1.165, 1.54) is 38.5 Å². The molecule has 0 radical (unpaired) electrons. The van der Waals surface area contributed by atoms with E-state index in [2.05, 4.69) is 6.92 Å². The van der Waals surface area contributed by atoms with E-state index in [1.54, 1.807) is 0 Å². The Labute approximate surface area is 80.3 Å². The summed E-state index contributed by atoms with van der Waals surface area (Å²) in [5.41, 5.74) is 0. The van der Waals surface area contributed by atoms with Crippen molar-refractivity contribution in [2.24, 2.45) is 11.8 Å². The molecule has 0 saturated heterocycles. The third-order valence-electron chi connectivity index (χ3n) is 2.93. The fourth-order valence-electron chi connectivity index (χ4n) is 1.97. The van der Waals surface area contributed by atoms with Gasteiger partial charge in [0, 0.05) is 6.42 Å². The van der Waals surface area contributed by atoms with E-state index in [0.717, 1.165) is 5.92 Å². The number of carboxylic acids is 1. The quantitative estimate of drug-likeness (QED) is 0.617. The van der Waals surface area contributed by atoms with Crippen molar-refractivity contribution < 1.29 is 9.90 Å². The molecular formula is C11H20O2. The molecule has 1 saturated carbocycles. The molecule has 1 aliphatic rings. The normalized spacial score (nSPS) is 25.9. The molecule has 1 rings (SSSR count). The van der Waals surface area contributed by atoms with Gasteiger partial charge in [-0.2, -0.15) is 0 Å². The number of hydrogen-bond acceptors (Lipinski definition) is 1. The Kier molecular flexibility index (Phi) is 4.26. The van der Waals surface area contributed by atoms with Gasteiger partial charge in [-0.15, -0.1) is 0 Å². The first-order valence-corrected chi connectivity index (χ1v) is 5.45. The van der Waals surface area contributed by atoms with Gasteiger partial charge in [-0.3, -0.25) is 4.79 Å². The van der Waals surface area contributed by atoms with Crippen LogP contribution in [0.2, 0.25) is 0 Å². The summed E-state index contributed by atoms with van der Waals surface area (Å²) in [6.45, 7) is 2.21. The number of rotatable bonds is 7. The Morgan fingerprint density at radius 1 is 1.31 bits per heavy atom. The molecule has 0 aromatic rings. The molecule has 1 fully saturated rings. The molecule has 0 spiro atoms. The smallest absolute Gasteiger partial charge is 0.303 e. The van der Waals surface area contributed by atoms with Crippen LogP contribution in [0.5, 0.6) is 0 Å². The molecule has 0 bridgehead atoms. The van der Waals surface area contributed by atoms with Gasteiger partial charge in [0.1, 0.15) is 0 Å². The lowest BCUT2D eigenvalue weighted by molar-refractivity contribution is -0.137. The standard InChI is InChI=1S/C11H20O2/c1-2-3-4-5-6-9-7-10(9)8-11(12)13/h9-10H,2-8H2,1H3,(H,12,13)/t9-,10-/m0/s1. The minimum Gasteiger partial charge on any atom is -0.481 e. The van der Waals surface area contributed by atoms with Crippen molar-refractivity contribution >= 4 is 5.97 Å². The zero-order valence-electron chi connectivity index (χ0n) is 8.46. The molecule has 0 aromatic carbocycles. The summed E-state index contributed by atoms with van der Waals surface area (Å²) in [6.07, 6.45) is 8.07. The van der Waals surface area contributed by atoms with E-state index in [4.69, 9.17) is 5.11 Å². The second kappa shape index (κ2) is 5.25. The molecule has 2 atom stereocenters. The highest BCUT2D eigenvalue weighted by molar-refractivity contribution is 5.67. The summed E-state index contributed by atoms with van der Waals surface area (Å²) in [6, 6.07) is 0. The predicted molar refractivity (Wildman–Crippen MR) is 52.6 cm³/mol. The lowest BCUT2D eigenvalue weighted by Gasteiger charge is -1.98. The Morgan fingerprint density at radius 3 is 2.69 bits per heavy atom.